The maximum atomic E-state index is 15.4. The predicted molar refractivity (Wildman–Crippen MR) is 241 cm³/mol. The lowest BCUT2D eigenvalue weighted by Gasteiger charge is -2.65. The van der Waals surface area contributed by atoms with Crippen LogP contribution in [0.4, 0.5) is 5.69 Å². The minimum absolute atomic E-state index is 0.0678. The van der Waals surface area contributed by atoms with Crippen molar-refractivity contribution in [3.8, 4) is 5.75 Å². The molecular weight excluding hydrogens is 823 g/mol. The first-order chi connectivity index (χ1) is 29.3. The number of carbonyl (C=O) groups is 2. The Hall–Kier alpha value is -1.64. The van der Waals surface area contributed by atoms with Gasteiger partial charge in [-0.3, -0.25) is 9.59 Å². The van der Waals surface area contributed by atoms with E-state index in [1.165, 1.54) is 10.8 Å². The van der Waals surface area contributed by atoms with Gasteiger partial charge in [-0.2, -0.15) is 0 Å². The number of phenolic OH excluding ortho intramolecular Hbond substituents is 1. The van der Waals surface area contributed by atoms with Crippen molar-refractivity contribution in [2.45, 2.75) is 178 Å². The molecule has 342 valence electrons. The van der Waals surface area contributed by atoms with Gasteiger partial charge in [-0.25, -0.2) is 0 Å². The fourth-order valence-electron chi connectivity index (χ4n) is 16.6. The normalized spacial score (nSPS) is 46.4. The van der Waals surface area contributed by atoms with Crippen molar-refractivity contribution in [3.05, 3.63) is 35.4 Å². The van der Waals surface area contributed by atoms with E-state index in [-0.39, 0.29) is 59.6 Å². The maximum Gasteiger partial charge on any atom is 0.234 e. The standard InChI is InChI=1S/C50H71NO9S2/c1-28(2)29(3)40-41(60-40)45(5,58)38-13-19-50(59)35-23-39(55)49-25-37(54)36(53)24-44(49,4)34(35)12-18-47(38,50)17-11-30-20-32(22-33(52)21-30)51-27-46(14-8-9-15-46)48(42(51)56)16-7-6-10-31(48)26-61-62-43(49)57/h20-23,28-29,31,34,36-38,40-41,43,52-54,57-59H,6-19,24-27H2,1-5H3/t29-,31-,34+,36+,37-,38-,40+,41-,43-,44-,45-,47-,48+,49+,50-/m1/s1. The van der Waals surface area contributed by atoms with Crippen molar-refractivity contribution in [2.24, 2.45) is 56.7 Å². The minimum Gasteiger partial charge on any atom is -0.508 e. The number of anilines is 1. The Morgan fingerprint density at radius 1 is 0.887 bits per heavy atom. The van der Waals surface area contributed by atoms with Gasteiger partial charge < -0.3 is 40.3 Å². The second-order valence-electron chi connectivity index (χ2n) is 22.8. The van der Waals surface area contributed by atoms with E-state index in [0.717, 1.165) is 62.6 Å². The summed E-state index contributed by atoms with van der Waals surface area (Å²) >= 11 is 0. The third-order valence-corrected chi connectivity index (χ3v) is 22.8. The quantitative estimate of drug-likeness (QED) is 0.131. The summed E-state index contributed by atoms with van der Waals surface area (Å²) in [5, 5.41) is 73.6. The first-order valence-electron chi connectivity index (χ1n) is 24.2. The molecule has 15 atom stereocenters. The number of aryl methyl sites for hydroxylation is 1. The van der Waals surface area contributed by atoms with Gasteiger partial charge in [-0.15, -0.1) is 0 Å². The monoisotopic (exact) mass is 893 g/mol. The molecule has 5 aliphatic heterocycles. The number of hydrogen-bond donors (Lipinski definition) is 6. The molecule has 62 heavy (non-hydrogen) atoms. The zero-order chi connectivity index (χ0) is 44.0. The van der Waals surface area contributed by atoms with Gasteiger partial charge in [-0.1, -0.05) is 75.0 Å². The summed E-state index contributed by atoms with van der Waals surface area (Å²) in [4.78, 5) is 32.7. The van der Waals surface area contributed by atoms with E-state index in [0.29, 0.717) is 62.3 Å². The molecular formula is C50H71NO9S2. The van der Waals surface area contributed by atoms with Crippen LogP contribution in [0, 0.1) is 56.7 Å². The number of aromatic hydroxyl groups is 1. The van der Waals surface area contributed by atoms with Crippen LogP contribution >= 0.6 is 21.6 Å². The summed E-state index contributed by atoms with van der Waals surface area (Å²) in [6.45, 7) is 11.0. The second-order valence-corrected chi connectivity index (χ2v) is 25.3. The lowest BCUT2D eigenvalue weighted by atomic mass is 9.40. The molecule has 5 saturated carbocycles. The highest BCUT2D eigenvalue weighted by atomic mass is 33.1. The van der Waals surface area contributed by atoms with Crippen LogP contribution in [-0.4, -0.2) is 95.7 Å². The highest BCUT2D eigenvalue weighted by Gasteiger charge is 2.75. The van der Waals surface area contributed by atoms with Crippen molar-refractivity contribution in [3.63, 3.8) is 0 Å². The molecule has 2 saturated heterocycles. The van der Waals surface area contributed by atoms with Crippen molar-refractivity contribution in [1.82, 2.24) is 0 Å². The lowest BCUT2D eigenvalue weighted by molar-refractivity contribution is -0.198. The molecule has 10 nitrogen and oxygen atoms in total. The first kappa shape index (κ1) is 44.2. The van der Waals surface area contributed by atoms with Crippen LogP contribution in [0.25, 0.3) is 0 Å². The largest absolute Gasteiger partial charge is 0.508 e. The van der Waals surface area contributed by atoms with E-state index in [9.17, 15) is 30.6 Å². The number of ether oxygens (including phenoxy) is 1. The summed E-state index contributed by atoms with van der Waals surface area (Å²) in [5.74, 6) is 0.461. The zero-order valence-corrected chi connectivity index (χ0v) is 39.1. The fourth-order valence-corrected chi connectivity index (χ4v) is 19.7. The van der Waals surface area contributed by atoms with E-state index in [4.69, 9.17) is 4.74 Å². The molecule has 12 heteroatoms. The number of epoxide rings is 1. The third-order valence-electron chi connectivity index (χ3n) is 20.2. The van der Waals surface area contributed by atoms with E-state index >= 15 is 9.59 Å². The molecule has 11 aliphatic rings. The first-order valence-corrected chi connectivity index (χ1v) is 26.5. The average molecular weight is 894 g/mol. The van der Waals surface area contributed by atoms with Crippen LogP contribution in [0.2, 0.25) is 0 Å². The van der Waals surface area contributed by atoms with E-state index in [1.807, 2.05) is 18.7 Å². The smallest absolute Gasteiger partial charge is 0.234 e. The number of rotatable bonds is 4. The van der Waals surface area contributed by atoms with Gasteiger partial charge in [0, 0.05) is 34.9 Å². The summed E-state index contributed by atoms with van der Waals surface area (Å²) in [7, 11) is 2.82. The van der Waals surface area contributed by atoms with Crippen molar-refractivity contribution in [2.75, 3.05) is 17.2 Å². The van der Waals surface area contributed by atoms with Crippen molar-refractivity contribution in [1.29, 1.82) is 0 Å². The van der Waals surface area contributed by atoms with E-state index < -0.39 is 62.5 Å². The minimum atomic E-state index is -1.50. The zero-order valence-electron chi connectivity index (χ0n) is 37.5. The van der Waals surface area contributed by atoms with Gasteiger partial charge >= 0.3 is 0 Å². The van der Waals surface area contributed by atoms with Gasteiger partial charge in [-0.05, 0) is 148 Å². The van der Waals surface area contributed by atoms with Crippen LogP contribution in [0.1, 0.15) is 136 Å². The number of phenols is 1. The Morgan fingerprint density at radius 3 is 2.35 bits per heavy atom. The molecule has 5 heterocycles. The van der Waals surface area contributed by atoms with Gasteiger partial charge in [0.2, 0.25) is 5.91 Å². The summed E-state index contributed by atoms with van der Waals surface area (Å²) in [5.41, 5.74) is -5.86. The number of fused-ring (bicyclic) bond motifs is 2. The number of allylic oxidation sites excluding steroid dienone is 1. The lowest BCUT2D eigenvalue weighted by Crippen LogP contribution is -2.68. The maximum absolute atomic E-state index is 15.4. The molecule has 1 aromatic rings. The van der Waals surface area contributed by atoms with Gasteiger partial charge in [0.15, 0.2) is 5.78 Å². The molecule has 7 fully saturated rings. The molecule has 6 N–H and O–H groups in total. The molecule has 0 radical (unpaired) electrons. The Morgan fingerprint density at radius 2 is 1.61 bits per heavy atom. The van der Waals surface area contributed by atoms with Crippen LogP contribution < -0.4 is 4.90 Å². The highest BCUT2D eigenvalue weighted by Crippen LogP contribution is 2.74. The van der Waals surface area contributed by atoms with Crippen LogP contribution in [0.5, 0.6) is 5.75 Å². The van der Waals surface area contributed by atoms with Gasteiger partial charge in [0.05, 0.1) is 40.3 Å². The number of nitrogens with zero attached hydrogens (tertiary/aromatic N) is 1. The molecule has 8 bridgehead atoms. The Bertz CT molecular complexity index is 2020. The SMILES string of the molecule is CC(C)[C@@H](C)[C@@H]1O[C@H]1[C@](C)(O)[C@H]1CC[C@@]2(O)C3=CC(=O)[C@]45C[C@@H](O)[C@@H](O)C[C@]4(C)[C@H]3CC[C@]12CCc1cc(O)cc(c1)N1CC2(CCCC2)[C@]2(CCCC[C@@H]2CSS[C@H]5O)C1=O. The van der Waals surface area contributed by atoms with Crippen LogP contribution in [0.3, 0.4) is 0 Å². The Labute approximate surface area is 375 Å². The van der Waals surface area contributed by atoms with Gasteiger partial charge in [0.25, 0.3) is 0 Å². The van der Waals surface area contributed by atoms with Gasteiger partial charge in [0.1, 0.15) is 17.3 Å². The molecule has 1 amide bonds. The summed E-state index contributed by atoms with van der Waals surface area (Å²) < 4.78 is 6.37. The molecule has 12 rings (SSSR count). The molecule has 0 aromatic heterocycles. The van der Waals surface area contributed by atoms with Crippen LogP contribution in [0.15, 0.2) is 29.8 Å². The van der Waals surface area contributed by atoms with Crippen molar-refractivity contribution >= 4 is 39.0 Å². The molecule has 4 spiro atoms. The topological polar surface area (TPSA) is 171 Å². The van der Waals surface area contributed by atoms with E-state index in [2.05, 4.69) is 26.8 Å². The average Bonchev–Trinajstić information content (AvgIpc) is 3.70. The number of carbonyl (C=O) groups excluding carboxylic acids is 2. The van der Waals surface area contributed by atoms with E-state index in [1.54, 1.807) is 29.0 Å². The summed E-state index contributed by atoms with van der Waals surface area (Å²) in [6, 6.07) is 5.61. The number of amides is 1. The number of hydrogen-bond acceptors (Lipinski definition) is 11. The van der Waals surface area contributed by atoms with Crippen LogP contribution in [-0.2, 0) is 20.7 Å². The second kappa shape index (κ2) is 14.9. The fraction of sp³-hybridized carbons (Fsp3) is 0.800. The number of ketones is 1. The Kier molecular flexibility index (Phi) is 10.6. The highest BCUT2D eigenvalue weighted by molar-refractivity contribution is 8.76. The number of benzene rings is 1. The molecule has 6 aliphatic carbocycles. The number of aliphatic hydroxyl groups excluding tert-OH is 3. The van der Waals surface area contributed by atoms with Crippen molar-refractivity contribution < 1.29 is 45.0 Å². The third kappa shape index (κ3) is 5.84. The summed E-state index contributed by atoms with van der Waals surface area (Å²) in [6.07, 6.45) is 9.56. The molecule has 1 aromatic carbocycles. The predicted octanol–water partition coefficient (Wildman–Crippen LogP) is 7.49. The number of aliphatic hydroxyl groups is 5. The molecule has 0 unspecified atom stereocenters. The Balaban J connectivity index is 1.13.